The maximum Gasteiger partial charge on any atom is 0.161 e. The number of hydrogen-bond acceptors (Lipinski definition) is 5. The molecule has 2 heterocycles. The predicted octanol–water partition coefficient (Wildman–Crippen LogP) is 3.70. The lowest BCUT2D eigenvalue weighted by atomic mass is 10.1. The maximum absolute atomic E-state index is 5.46. The quantitative estimate of drug-likeness (QED) is 0.719. The summed E-state index contributed by atoms with van der Waals surface area (Å²) < 4.78 is 10.8. The highest BCUT2D eigenvalue weighted by molar-refractivity contribution is 5.87. The first-order valence-electron chi connectivity index (χ1n) is 9.05. The molecular formula is C21H23N3O2. The van der Waals surface area contributed by atoms with Crippen LogP contribution in [0.15, 0.2) is 42.5 Å². The van der Waals surface area contributed by atoms with Crippen molar-refractivity contribution in [3.05, 3.63) is 48.2 Å². The van der Waals surface area contributed by atoms with Gasteiger partial charge in [0.15, 0.2) is 5.82 Å². The van der Waals surface area contributed by atoms with Gasteiger partial charge in [-0.2, -0.15) is 0 Å². The molecule has 5 nitrogen and oxygen atoms in total. The van der Waals surface area contributed by atoms with Gasteiger partial charge < -0.3 is 14.4 Å². The van der Waals surface area contributed by atoms with Crippen LogP contribution in [0.1, 0.15) is 12.6 Å². The Bertz CT molecular complexity index is 920. The predicted molar refractivity (Wildman–Crippen MR) is 104 cm³/mol. The molecule has 26 heavy (non-hydrogen) atoms. The van der Waals surface area contributed by atoms with Crippen LogP contribution in [0.3, 0.4) is 0 Å². The summed E-state index contributed by atoms with van der Waals surface area (Å²) >= 11 is 0. The molecule has 3 aromatic rings. The van der Waals surface area contributed by atoms with Crippen LogP contribution in [-0.4, -0.2) is 43.4 Å². The zero-order valence-corrected chi connectivity index (χ0v) is 15.2. The maximum atomic E-state index is 5.46. The third-order valence-electron chi connectivity index (χ3n) is 4.77. The van der Waals surface area contributed by atoms with Gasteiger partial charge in [0.25, 0.3) is 0 Å². The lowest BCUT2D eigenvalue weighted by Gasteiger charge is -2.28. The molecule has 0 bridgehead atoms. The standard InChI is InChI=1S/C21H23N3O2/c1-3-18-14-20(24-8-10-26-11-9-24)23-21(22-18)17-5-4-16-13-19(25-2)7-6-15(16)12-17/h4-7,12-14H,3,8-11H2,1-2H3. The van der Waals surface area contributed by atoms with E-state index in [9.17, 15) is 0 Å². The number of anilines is 1. The SMILES string of the molecule is CCc1cc(N2CCOCC2)nc(-c2ccc3cc(OC)ccc3c2)n1. The summed E-state index contributed by atoms with van der Waals surface area (Å²) in [4.78, 5) is 11.9. The summed E-state index contributed by atoms with van der Waals surface area (Å²) in [5.74, 6) is 2.64. The van der Waals surface area contributed by atoms with Crippen LogP contribution in [0.2, 0.25) is 0 Å². The molecule has 1 fully saturated rings. The molecule has 1 aromatic heterocycles. The summed E-state index contributed by atoms with van der Waals surface area (Å²) in [7, 11) is 1.69. The molecule has 0 unspecified atom stereocenters. The number of aromatic nitrogens is 2. The van der Waals surface area contributed by atoms with Crippen molar-refractivity contribution in [2.45, 2.75) is 13.3 Å². The summed E-state index contributed by atoms with van der Waals surface area (Å²) in [6.07, 6.45) is 0.887. The van der Waals surface area contributed by atoms with E-state index in [2.05, 4.69) is 42.2 Å². The van der Waals surface area contributed by atoms with Crippen molar-refractivity contribution in [1.82, 2.24) is 9.97 Å². The molecular weight excluding hydrogens is 326 g/mol. The number of fused-ring (bicyclic) bond motifs is 1. The van der Waals surface area contributed by atoms with Gasteiger partial charge >= 0.3 is 0 Å². The van der Waals surface area contributed by atoms with Crippen molar-refractivity contribution in [1.29, 1.82) is 0 Å². The number of nitrogens with zero attached hydrogens (tertiary/aromatic N) is 3. The van der Waals surface area contributed by atoms with Crippen LogP contribution in [0, 0.1) is 0 Å². The van der Waals surface area contributed by atoms with Crippen molar-refractivity contribution in [3.63, 3.8) is 0 Å². The summed E-state index contributed by atoms with van der Waals surface area (Å²) in [6, 6.07) is 14.5. The van der Waals surface area contributed by atoms with Gasteiger partial charge in [-0.05, 0) is 35.4 Å². The zero-order chi connectivity index (χ0) is 17.9. The number of rotatable bonds is 4. The molecule has 0 saturated carbocycles. The normalized spacial score (nSPS) is 14.6. The molecule has 134 valence electrons. The Kier molecular flexibility index (Phi) is 4.71. The smallest absolute Gasteiger partial charge is 0.161 e. The molecule has 1 saturated heterocycles. The van der Waals surface area contributed by atoms with E-state index in [1.807, 2.05) is 12.1 Å². The second-order valence-electron chi connectivity index (χ2n) is 6.42. The molecule has 0 spiro atoms. The van der Waals surface area contributed by atoms with E-state index >= 15 is 0 Å². The number of ether oxygens (including phenoxy) is 2. The van der Waals surface area contributed by atoms with Gasteiger partial charge in [-0.15, -0.1) is 0 Å². The van der Waals surface area contributed by atoms with Crippen LogP contribution in [0.5, 0.6) is 5.75 Å². The number of morpholine rings is 1. The van der Waals surface area contributed by atoms with E-state index in [0.29, 0.717) is 0 Å². The van der Waals surface area contributed by atoms with Crippen molar-refractivity contribution in [3.8, 4) is 17.1 Å². The molecule has 1 aliphatic heterocycles. The average molecular weight is 349 g/mol. The zero-order valence-electron chi connectivity index (χ0n) is 15.2. The Morgan fingerprint density at radius 2 is 1.77 bits per heavy atom. The first kappa shape index (κ1) is 16.8. The van der Waals surface area contributed by atoms with E-state index in [1.165, 1.54) is 0 Å². The van der Waals surface area contributed by atoms with Crippen LogP contribution in [-0.2, 0) is 11.2 Å². The number of hydrogen-bond donors (Lipinski definition) is 0. The largest absolute Gasteiger partial charge is 0.497 e. The summed E-state index contributed by atoms with van der Waals surface area (Å²) in [5.41, 5.74) is 2.10. The van der Waals surface area contributed by atoms with Crippen LogP contribution in [0.25, 0.3) is 22.2 Å². The highest BCUT2D eigenvalue weighted by Crippen LogP contribution is 2.27. The molecule has 4 rings (SSSR count). The minimum atomic E-state index is 0.749. The molecule has 1 aliphatic rings. The molecule has 2 aromatic carbocycles. The van der Waals surface area contributed by atoms with Crippen molar-refractivity contribution in [2.24, 2.45) is 0 Å². The highest BCUT2D eigenvalue weighted by atomic mass is 16.5. The fourth-order valence-electron chi connectivity index (χ4n) is 3.24. The minimum absolute atomic E-state index is 0.749. The Labute approximate surface area is 153 Å². The summed E-state index contributed by atoms with van der Waals surface area (Å²) in [5, 5.41) is 2.30. The first-order valence-corrected chi connectivity index (χ1v) is 9.05. The Balaban J connectivity index is 1.75. The fourth-order valence-corrected chi connectivity index (χ4v) is 3.24. The second kappa shape index (κ2) is 7.30. The molecule has 0 atom stereocenters. The van der Waals surface area contributed by atoms with Crippen LogP contribution in [0.4, 0.5) is 5.82 Å². The highest BCUT2D eigenvalue weighted by Gasteiger charge is 2.15. The first-order chi connectivity index (χ1) is 12.8. The van der Waals surface area contributed by atoms with E-state index in [4.69, 9.17) is 19.4 Å². The molecule has 0 N–H and O–H groups in total. The number of aryl methyl sites for hydroxylation is 1. The fraction of sp³-hybridized carbons (Fsp3) is 0.333. The summed E-state index contributed by atoms with van der Waals surface area (Å²) in [6.45, 7) is 5.37. The Morgan fingerprint density at radius 1 is 1.00 bits per heavy atom. The van der Waals surface area contributed by atoms with Gasteiger partial charge in [-0.25, -0.2) is 9.97 Å². The second-order valence-corrected chi connectivity index (χ2v) is 6.42. The number of benzene rings is 2. The monoisotopic (exact) mass is 349 g/mol. The Hall–Kier alpha value is -2.66. The lowest BCUT2D eigenvalue weighted by molar-refractivity contribution is 0.122. The van der Waals surface area contributed by atoms with Gasteiger partial charge in [0.1, 0.15) is 11.6 Å². The molecule has 5 heteroatoms. The van der Waals surface area contributed by atoms with Gasteiger partial charge in [-0.1, -0.05) is 25.1 Å². The third kappa shape index (κ3) is 3.35. The molecule has 0 amide bonds. The third-order valence-corrected chi connectivity index (χ3v) is 4.77. The van der Waals surface area contributed by atoms with Crippen LogP contribution >= 0.6 is 0 Å². The molecule has 0 radical (unpaired) electrons. The number of methoxy groups -OCH3 is 1. The van der Waals surface area contributed by atoms with Gasteiger partial charge in [0.05, 0.1) is 20.3 Å². The van der Waals surface area contributed by atoms with E-state index in [0.717, 1.165) is 72.1 Å². The van der Waals surface area contributed by atoms with Gasteiger partial charge in [-0.3, -0.25) is 0 Å². The lowest BCUT2D eigenvalue weighted by Crippen LogP contribution is -2.37. The molecule has 0 aliphatic carbocycles. The van der Waals surface area contributed by atoms with Crippen molar-refractivity contribution in [2.75, 3.05) is 38.3 Å². The average Bonchev–Trinajstić information content (AvgIpc) is 2.73. The van der Waals surface area contributed by atoms with Gasteiger partial charge in [0.2, 0.25) is 0 Å². The van der Waals surface area contributed by atoms with Crippen LogP contribution < -0.4 is 9.64 Å². The van der Waals surface area contributed by atoms with Gasteiger partial charge in [0, 0.05) is 30.4 Å². The van der Waals surface area contributed by atoms with E-state index in [-0.39, 0.29) is 0 Å². The topological polar surface area (TPSA) is 47.5 Å². The van der Waals surface area contributed by atoms with Crippen molar-refractivity contribution >= 4 is 16.6 Å². The van der Waals surface area contributed by atoms with Crippen molar-refractivity contribution < 1.29 is 9.47 Å². The van der Waals surface area contributed by atoms with E-state index < -0.39 is 0 Å². The van der Waals surface area contributed by atoms with E-state index in [1.54, 1.807) is 7.11 Å². The Morgan fingerprint density at radius 3 is 2.54 bits per heavy atom. The minimum Gasteiger partial charge on any atom is -0.497 e.